The van der Waals surface area contributed by atoms with Gasteiger partial charge in [-0.05, 0) is 31.6 Å². The zero-order valence-corrected chi connectivity index (χ0v) is 11.6. The number of rotatable bonds is 3. The smallest absolute Gasteiger partial charge is 0.0840 e. The minimum Gasteiger partial charge on any atom is -0.330 e. The molecule has 1 heteroatoms. The van der Waals surface area contributed by atoms with Crippen LogP contribution in [0.1, 0.15) is 57.8 Å². The quantitative estimate of drug-likeness (QED) is 0.639. The predicted molar refractivity (Wildman–Crippen MR) is 70.4 cm³/mol. The molecule has 0 amide bonds. The summed E-state index contributed by atoms with van der Waals surface area (Å²) in [6.07, 6.45) is 13.6. The van der Waals surface area contributed by atoms with Crippen LogP contribution in [0.15, 0.2) is 0 Å². The summed E-state index contributed by atoms with van der Waals surface area (Å²) in [5, 5.41) is 0. The number of hydrogen-bond donors (Lipinski definition) is 0. The lowest BCUT2D eigenvalue weighted by Crippen LogP contribution is -2.47. The molecule has 0 aromatic carbocycles. The zero-order valence-electron chi connectivity index (χ0n) is 11.6. The summed E-state index contributed by atoms with van der Waals surface area (Å²) in [4.78, 5) is 0. The van der Waals surface area contributed by atoms with E-state index in [0.717, 1.165) is 15.8 Å². The van der Waals surface area contributed by atoms with E-state index in [0.29, 0.717) is 0 Å². The fraction of sp³-hybridized carbons (Fsp3) is 1.00. The third-order valence-electron chi connectivity index (χ3n) is 4.86. The molecule has 0 saturated heterocycles. The maximum Gasteiger partial charge on any atom is 0.0840 e. The number of nitrogens with zero attached hydrogens (tertiary/aromatic N) is 1. The Morgan fingerprint density at radius 2 is 1.44 bits per heavy atom. The van der Waals surface area contributed by atoms with E-state index in [9.17, 15) is 0 Å². The summed E-state index contributed by atoms with van der Waals surface area (Å²) in [7, 11) is 7.13. The topological polar surface area (TPSA) is 0 Å². The van der Waals surface area contributed by atoms with Crippen molar-refractivity contribution in [1.29, 1.82) is 0 Å². The molecular formula is C15H30N+. The summed E-state index contributed by atoms with van der Waals surface area (Å²) in [6, 6.07) is 0. The fourth-order valence-electron chi connectivity index (χ4n) is 4.43. The molecule has 0 aliphatic heterocycles. The standard InChI is InChI=1S/C15H30N/c1-16(2,3)13-15(11-7-8-12-15)14-9-5-4-6-10-14/h14H,4-13H2,1-3H3/q+1. The van der Waals surface area contributed by atoms with Gasteiger partial charge in [0.25, 0.3) is 0 Å². The zero-order chi connectivity index (χ0) is 11.6. The van der Waals surface area contributed by atoms with Crippen molar-refractivity contribution in [1.82, 2.24) is 0 Å². The van der Waals surface area contributed by atoms with Gasteiger partial charge >= 0.3 is 0 Å². The van der Waals surface area contributed by atoms with E-state index >= 15 is 0 Å². The van der Waals surface area contributed by atoms with Crippen molar-refractivity contribution in [2.75, 3.05) is 27.7 Å². The Morgan fingerprint density at radius 1 is 0.875 bits per heavy atom. The van der Waals surface area contributed by atoms with E-state index in [4.69, 9.17) is 0 Å². The highest BCUT2D eigenvalue weighted by molar-refractivity contribution is 4.91. The van der Waals surface area contributed by atoms with Gasteiger partial charge in [-0.3, -0.25) is 0 Å². The van der Waals surface area contributed by atoms with Crippen LogP contribution in [0.25, 0.3) is 0 Å². The summed E-state index contributed by atoms with van der Waals surface area (Å²) >= 11 is 0. The molecular weight excluding hydrogens is 194 g/mol. The van der Waals surface area contributed by atoms with Crippen molar-refractivity contribution in [3.63, 3.8) is 0 Å². The molecule has 2 rings (SSSR count). The lowest BCUT2D eigenvalue weighted by atomic mass is 9.67. The van der Waals surface area contributed by atoms with Crippen LogP contribution in [0.4, 0.5) is 0 Å². The molecule has 16 heavy (non-hydrogen) atoms. The maximum absolute atomic E-state index is 2.38. The minimum atomic E-state index is 0.721. The molecule has 2 fully saturated rings. The van der Waals surface area contributed by atoms with Gasteiger partial charge in [-0.1, -0.05) is 32.1 Å². The average molecular weight is 224 g/mol. The Labute approximate surface area is 102 Å². The van der Waals surface area contributed by atoms with Crippen molar-refractivity contribution >= 4 is 0 Å². The van der Waals surface area contributed by atoms with Gasteiger partial charge in [0.1, 0.15) is 0 Å². The second-order valence-electron chi connectivity index (χ2n) is 7.35. The van der Waals surface area contributed by atoms with Gasteiger partial charge in [-0.25, -0.2) is 0 Å². The van der Waals surface area contributed by atoms with Gasteiger partial charge in [0.2, 0.25) is 0 Å². The maximum atomic E-state index is 2.38. The second kappa shape index (κ2) is 4.68. The van der Waals surface area contributed by atoms with Gasteiger partial charge in [0.05, 0.1) is 27.7 Å². The van der Waals surface area contributed by atoms with Crippen LogP contribution in [0.2, 0.25) is 0 Å². The largest absolute Gasteiger partial charge is 0.330 e. The lowest BCUT2D eigenvalue weighted by Gasteiger charge is -2.43. The van der Waals surface area contributed by atoms with Gasteiger partial charge in [0, 0.05) is 5.41 Å². The van der Waals surface area contributed by atoms with Gasteiger partial charge < -0.3 is 4.48 Å². The van der Waals surface area contributed by atoms with Crippen molar-refractivity contribution in [2.24, 2.45) is 11.3 Å². The number of quaternary nitrogens is 1. The van der Waals surface area contributed by atoms with Crippen LogP contribution in [0.5, 0.6) is 0 Å². The first-order valence-electron chi connectivity index (χ1n) is 7.32. The molecule has 0 radical (unpaired) electrons. The van der Waals surface area contributed by atoms with Crippen molar-refractivity contribution in [3.05, 3.63) is 0 Å². The highest BCUT2D eigenvalue weighted by Gasteiger charge is 2.44. The lowest BCUT2D eigenvalue weighted by molar-refractivity contribution is -0.878. The monoisotopic (exact) mass is 224 g/mol. The highest BCUT2D eigenvalue weighted by Crippen LogP contribution is 2.50. The molecule has 2 aliphatic carbocycles. The van der Waals surface area contributed by atoms with Crippen LogP contribution in [0, 0.1) is 11.3 Å². The first-order chi connectivity index (χ1) is 7.52. The van der Waals surface area contributed by atoms with Crippen LogP contribution in [0.3, 0.4) is 0 Å². The van der Waals surface area contributed by atoms with Crippen molar-refractivity contribution in [3.8, 4) is 0 Å². The van der Waals surface area contributed by atoms with E-state index in [1.165, 1.54) is 64.3 Å². The summed E-state index contributed by atoms with van der Waals surface area (Å²) < 4.78 is 1.16. The molecule has 0 aromatic rings. The SMILES string of the molecule is C[N+](C)(C)CC1(C2CCCCC2)CCCC1. The van der Waals surface area contributed by atoms with E-state index in [1.807, 2.05) is 0 Å². The summed E-state index contributed by atoms with van der Waals surface area (Å²) in [5.41, 5.74) is 0.721. The van der Waals surface area contributed by atoms with Crippen LogP contribution < -0.4 is 0 Å². The van der Waals surface area contributed by atoms with E-state index in [-0.39, 0.29) is 0 Å². The Morgan fingerprint density at radius 3 is 1.94 bits per heavy atom. The summed E-state index contributed by atoms with van der Waals surface area (Å²) in [5.74, 6) is 1.06. The molecule has 0 spiro atoms. The van der Waals surface area contributed by atoms with Gasteiger partial charge in [-0.2, -0.15) is 0 Å². The van der Waals surface area contributed by atoms with Gasteiger partial charge in [-0.15, -0.1) is 0 Å². The Hall–Kier alpha value is -0.0400. The summed E-state index contributed by atoms with van der Waals surface area (Å²) in [6.45, 7) is 1.41. The predicted octanol–water partition coefficient (Wildman–Crippen LogP) is 3.83. The fourth-order valence-corrected chi connectivity index (χ4v) is 4.43. The molecule has 0 bridgehead atoms. The Bertz CT molecular complexity index is 214. The molecule has 0 N–H and O–H groups in total. The van der Waals surface area contributed by atoms with E-state index in [1.54, 1.807) is 0 Å². The molecule has 0 unspecified atom stereocenters. The third kappa shape index (κ3) is 2.80. The van der Waals surface area contributed by atoms with E-state index in [2.05, 4.69) is 21.1 Å². The minimum absolute atomic E-state index is 0.721. The first-order valence-corrected chi connectivity index (χ1v) is 7.32. The highest BCUT2D eigenvalue weighted by atomic mass is 15.3. The Kier molecular flexibility index (Phi) is 3.63. The van der Waals surface area contributed by atoms with Crippen LogP contribution >= 0.6 is 0 Å². The third-order valence-corrected chi connectivity index (χ3v) is 4.86. The molecule has 94 valence electrons. The second-order valence-corrected chi connectivity index (χ2v) is 7.35. The Balaban J connectivity index is 2.07. The van der Waals surface area contributed by atoms with Crippen LogP contribution in [-0.4, -0.2) is 32.2 Å². The van der Waals surface area contributed by atoms with Crippen molar-refractivity contribution in [2.45, 2.75) is 57.8 Å². The molecule has 2 saturated carbocycles. The van der Waals surface area contributed by atoms with Gasteiger partial charge in [0.15, 0.2) is 0 Å². The normalized spacial score (nSPS) is 27.2. The van der Waals surface area contributed by atoms with E-state index < -0.39 is 0 Å². The molecule has 0 heterocycles. The average Bonchev–Trinajstić information content (AvgIpc) is 2.66. The van der Waals surface area contributed by atoms with Crippen molar-refractivity contribution < 1.29 is 4.48 Å². The number of hydrogen-bond acceptors (Lipinski definition) is 0. The first kappa shape index (κ1) is 12.4. The molecule has 0 aromatic heterocycles. The molecule has 1 nitrogen and oxygen atoms in total. The molecule has 2 aliphatic rings. The molecule has 0 atom stereocenters. The van der Waals surface area contributed by atoms with Crippen LogP contribution in [-0.2, 0) is 0 Å².